The van der Waals surface area contributed by atoms with Crippen LogP contribution in [0, 0.1) is 0 Å². The molecule has 0 unspecified atom stereocenters. The van der Waals surface area contributed by atoms with E-state index in [0.717, 1.165) is 24.8 Å². The zero-order valence-electron chi connectivity index (χ0n) is 12.9. The van der Waals surface area contributed by atoms with Gasteiger partial charge in [0.2, 0.25) is 0 Å². The number of aliphatic hydroxyl groups is 1. The number of benzene rings is 1. The summed E-state index contributed by atoms with van der Waals surface area (Å²) in [6.07, 6.45) is -3.25. The number of ether oxygens (including phenoxy) is 1. The summed E-state index contributed by atoms with van der Waals surface area (Å²) in [6.45, 7) is 4.76. The van der Waals surface area contributed by atoms with Gasteiger partial charge in [-0.3, -0.25) is 0 Å². The van der Waals surface area contributed by atoms with Gasteiger partial charge >= 0.3 is 12.1 Å². The first-order chi connectivity index (χ1) is 10.7. The van der Waals surface area contributed by atoms with Gasteiger partial charge in [-0.05, 0) is 48.4 Å². The monoisotopic (exact) mass is 328 g/mol. The fraction of sp³-hybridized carbons (Fsp3) is 0.471. The molecular weight excluding hydrogens is 309 g/mol. The van der Waals surface area contributed by atoms with Crippen molar-refractivity contribution in [2.75, 3.05) is 6.61 Å². The molecule has 0 amide bonds. The minimum atomic E-state index is -5.14. The first kappa shape index (κ1) is 17.5. The number of esters is 1. The number of carbonyl (C=O) groups is 1. The van der Waals surface area contributed by atoms with Gasteiger partial charge in [0.25, 0.3) is 5.60 Å². The molecule has 0 aromatic heterocycles. The first-order valence-electron chi connectivity index (χ1n) is 7.45. The molecule has 0 bridgehead atoms. The largest absolute Gasteiger partial charge is 0.464 e. The van der Waals surface area contributed by atoms with E-state index in [1.165, 1.54) is 12.5 Å². The van der Waals surface area contributed by atoms with Crippen LogP contribution in [0.2, 0.25) is 0 Å². The molecule has 1 aliphatic rings. The summed E-state index contributed by atoms with van der Waals surface area (Å²) in [4.78, 5) is 11.6. The van der Waals surface area contributed by atoms with Gasteiger partial charge in [0.05, 0.1) is 6.61 Å². The second-order valence-corrected chi connectivity index (χ2v) is 5.70. The lowest BCUT2D eigenvalue weighted by Crippen LogP contribution is -2.53. The van der Waals surface area contributed by atoms with Gasteiger partial charge in [-0.25, -0.2) is 4.79 Å². The van der Waals surface area contributed by atoms with Crippen molar-refractivity contribution in [1.29, 1.82) is 0 Å². The molecule has 0 spiro atoms. The Morgan fingerprint density at radius 3 is 2.57 bits per heavy atom. The average Bonchev–Trinajstić information content (AvgIpc) is 2.93. The Balaban J connectivity index is 2.26. The molecule has 0 aliphatic heterocycles. The Morgan fingerprint density at radius 1 is 1.30 bits per heavy atom. The highest BCUT2D eigenvalue weighted by Gasteiger charge is 2.60. The van der Waals surface area contributed by atoms with E-state index in [2.05, 4.69) is 11.3 Å². The molecular formula is C17H19F3O3. The van der Waals surface area contributed by atoms with E-state index in [4.69, 9.17) is 0 Å². The smallest absolute Gasteiger partial charge is 0.428 e. The number of halogens is 3. The van der Waals surface area contributed by atoms with Gasteiger partial charge in [0, 0.05) is 6.42 Å². The molecule has 3 nitrogen and oxygen atoms in total. The minimum Gasteiger partial charge on any atom is -0.464 e. The van der Waals surface area contributed by atoms with Crippen molar-refractivity contribution < 1.29 is 27.8 Å². The van der Waals surface area contributed by atoms with Crippen molar-refractivity contribution in [3.05, 3.63) is 41.5 Å². The summed E-state index contributed by atoms with van der Waals surface area (Å²) >= 11 is 0. The van der Waals surface area contributed by atoms with Crippen LogP contribution >= 0.6 is 0 Å². The minimum absolute atomic E-state index is 0.0487. The quantitative estimate of drug-likeness (QED) is 0.842. The Morgan fingerprint density at radius 2 is 1.96 bits per heavy atom. The summed E-state index contributed by atoms with van der Waals surface area (Å²) < 4.78 is 43.9. The lowest BCUT2D eigenvalue weighted by atomic mass is 9.90. The molecule has 0 saturated carbocycles. The van der Waals surface area contributed by atoms with E-state index < -0.39 is 24.2 Å². The van der Waals surface area contributed by atoms with Crippen molar-refractivity contribution in [3.63, 3.8) is 0 Å². The number of alkyl halides is 3. The van der Waals surface area contributed by atoms with Crippen LogP contribution in [0.3, 0.4) is 0 Å². The van der Waals surface area contributed by atoms with E-state index in [1.54, 1.807) is 12.1 Å². The molecule has 0 radical (unpaired) electrons. The molecule has 2 rings (SSSR count). The van der Waals surface area contributed by atoms with Crippen molar-refractivity contribution in [3.8, 4) is 0 Å². The van der Waals surface area contributed by atoms with Crippen LogP contribution in [0.15, 0.2) is 24.8 Å². The Bertz CT molecular complexity index is 622. The molecule has 1 aromatic rings. The van der Waals surface area contributed by atoms with Gasteiger partial charge in [0.15, 0.2) is 0 Å². The molecule has 0 fully saturated rings. The average molecular weight is 328 g/mol. The van der Waals surface area contributed by atoms with Crippen LogP contribution in [-0.4, -0.2) is 29.5 Å². The van der Waals surface area contributed by atoms with Crippen LogP contribution in [0.4, 0.5) is 13.2 Å². The van der Waals surface area contributed by atoms with Gasteiger partial charge in [-0.2, -0.15) is 13.2 Å². The molecule has 1 aliphatic carbocycles. The third-order valence-electron chi connectivity index (χ3n) is 4.06. The van der Waals surface area contributed by atoms with Gasteiger partial charge in [-0.15, -0.1) is 0 Å². The highest BCUT2D eigenvalue weighted by molar-refractivity contribution is 5.83. The second-order valence-electron chi connectivity index (χ2n) is 5.70. The molecule has 1 N–H and O–H groups in total. The highest BCUT2D eigenvalue weighted by atomic mass is 19.4. The number of aryl methyl sites for hydroxylation is 2. The number of fused-ring (bicyclic) bond motifs is 1. The summed E-state index contributed by atoms with van der Waals surface area (Å²) in [5, 5.41) is 9.91. The number of carbonyl (C=O) groups excluding carboxylic acids is 1. The molecule has 0 saturated heterocycles. The molecule has 1 aromatic carbocycles. The van der Waals surface area contributed by atoms with Gasteiger partial charge < -0.3 is 9.84 Å². The van der Waals surface area contributed by atoms with Gasteiger partial charge in [-0.1, -0.05) is 24.8 Å². The molecule has 23 heavy (non-hydrogen) atoms. The summed E-state index contributed by atoms with van der Waals surface area (Å²) in [5.41, 5.74) is -0.780. The summed E-state index contributed by atoms with van der Waals surface area (Å²) in [6, 6.07) is 5.32. The van der Waals surface area contributed by atoms with E-state index in [1.807, 2.05) is 6.07 Å². The lowest BCUT2D eigenvalue weighted by molar-refractivity contribution is -0.260. The van der Waals surface area contributed by atoms with Crippen LogP contribution in [0.5, 0.6) is 0 Å². The maximum absolute atomic E-state index is 13.2. The highest BCUT2D eigenvalue weighted by Crippen LogP contribution is 2.39. The third-order valence-corrected chi connectivity index (χ3v) is 4.06. The predicted octanol–water partition coefficient (Wildman–Crippen LogP) is 3.44. The van der Waals surface area contributed by atoms with Crippen molar-refractivity contribution in [2.24, 2.45) is 0 Å². The topological polar surface area (TPSA) is 46.5 Å². The lowest BCUT2D eigenvalue weighted by Gasteiger charge is -2.29. The van der Waals surface area contributed by atoms with E-state index in [-0.39, 0.29) is 12.2 Å². The fourth-order valence-electron chi connectivity index (χ4n) is 2.74. The molecule has 6 heteroatoms. The van der Waals surface area contributed by atoms with E-state index in [9.17, 15) is 23.1 Å². The third kappa shape index (κ3) is 3.42. The van der Waals surface area contributed by atoms with Crippen LogP contribution in [0.25, 0.3) is 5.57 Å². The normalized spacial score (nSPS) is 16.6. The standard InChI is InChI=1S/C17H19F3O3/c1-3-23-15(21)16(22,17(18,19)20)10-11(2)13-8-7-12-5-4-6-14(12)9-13/h7-9,22H,2-6,10H2,1H3/t16-/m1/s1. The summed E-state index contributed by atoms with van der Waals surface area (Å²) in [7, 11) is 0. The maximum Gasteiger partial charge on any atom is 0.428 e. The predicted molar refractivity (Wildman–Crippen MR) is 79.8 cm³/mol. The SMILES string of the molecule is C=C(C[C@@](O)(C(=O)OCC)C(F)(F)F)c1ccc2c(c1)CCC2. The Labute approximate surface area is 132 Å². The Kier molecular flexibility index (Phi) is 4.84. The number of hydrogen-bond acceptors (Lipinski definition) is 3. The van der Waals surface area contributed by atoms with Crippen LogP contribution in [0.1, 0.15) is 36.5 Å². The van der Waals surface area contributed by atoms with E-state index >= 15 is 0 Å². The number of hydrogen-bond donors (Lipinski definition) is 1. The molecule has 126 valence electrons. The Hall–Kier alpha value is -1.82. The number of rotatable bonds is 5. The zero-order valence-corrected chi connectivity index (χ0v) is 12.9. The van der Waals surface area contributed by atoms with E-state index in [0.29, 0.717) is 5.56 Å². The van der Waals surface area contributed by atoms with Gasteiger partial charge in [0.1, 0.15) is 0 Å². The zero-order chi connectivity index (χ0) is 17.3. The first-order valence-corrected chi connectivity index (χ1v) is 7.45. The van der Waals surface area contributed by atoms with Crippen molar-refractivity contribution in [2.45, 2.75) is 44.4 Å². The van der Waals surface area contributed by atoms with Crippen LogP contribution in [-0.2, 0) is 22.4 Å². The fourth-order valence-corrected chi connectivity index (χ4v) is 2.74. The van der Waals surface area contributed by atoms with Crippen molar-refractivity contribution >= 4 is 11.5 Å². The second kappa shape index (κ2) is 6.35. The molecule has 0 heterocycles. The summed E-state index contributed by atoms with van der Waals surface area (Å²) in [5.74, 6) is -1.70. The van der Waals surface area contributed by atoms with Crippen LogP contribution < -0.4 is 0 Å². The molecule has 1 atom stereocenters. The maximum atomic E-state index is 13.2. The van der Waals surface area contributed by atoms with Crippen molar-refractivity contribution in [1.82, 2.24) is 0 Å².